The zero-order valence-electron chi connectivity index (χ0n) is 8.15. The van der Waals surface area contributed by atoms with Crippen LogP contribution in [-0.4, -0.2) is 35.6 Å². The lowest BCUT2D eigenvalue weighted by atomic mass is 10.2. The first-order chi connectivity index (χ1) is 7.93. The molecule has 0 fully saturated rings. The Balaban J connectivity index is 1.97. The van der Waals surface area contributed by atoms with E-state index in [1.54, 1.807) is 17.1 Å². The fourth-order valence-electron chi connectivity index (χ4n) is 1.39. The Labute approximate surface area is 90.1 Å². The van der Waals surface area contributed by atoms with Crippen LogP contribution < -0.4 is 0 Å². The summed E-state index contributed by atoms with van der Waals surface area (Å²) in [4.78, 5) is 0. The Bertz CT molecular complexity index is 499. The van der Waals surface area contributed by atoms with Crippen molar-refractivity contribution in [1.82, 2.24) is 35.6 Å². The third kappa shape index (κ3) is 1.44. The number of nitrogens with zero attached hydrogens (tertiary/aromatic N) is 6. The van der Waals surface area contributed by atoms with E-state index in [1.807, 2.05) is 24.3 Å². The molecular weight excluding hydrogens is 206 g/mol. The third-order valence-corrected chi connectivity index (χ3v) is 2.16. The molecule has 78 valence electrons. The molecule has 0 atom stereocenters. The van der Waals surface area contributed by atoms with Crippen molar-refractivity contribution >= 4 is 0 Å². The van der Waals surface area contributed by atoms with E-state index in [0.29, 0.717) is 5.82 Å². The number of H-pyrrole nitrogens is 1. The smallest absolute Gasteiger partial charge is 0.204 e. The van der Waals surface area contributed by atoms with Crippen LogP contribution in [-0.2, 0) is 0 Å². The third-order valence-electron chi connectivity index (χ3n) is 2.16. The van der Waals surface area contributed by atoms with Gasteiger partial charge in [-0.25, -0.2) is 4.68 Å². The highest BCUT2D eigenvalue weighted by molar-refractivity contribution is 5.55. The summed E-state index contributed by atoms with van der Waals surface area (Å²) >= 11 is 0. The molecule has 0 bridgehead atoms. The van der Waals surface area contributed by atoms with Crippen LogP contribution >= 0.6 is 0 Å². The predicted octanol–water partition coefficient (Wildman–Crippen LogP) is 0.447. The van der Waals surface area contributed by atoms with Crippen LogP contribution in [0.5, 0.6) is 0 Å². The van der Waals surface area contributed by atoms with Crippen molar-refractivity contribution in [3.8, 4) is 17.1 Å². The number of nitrogens with one attached hydrogen (secondary N) is 1. The van der Waals surface area contributed by atoms with Crippen molar-refractivity contribution in [3.05, 3.63) is 36.7 Å². The Hall–Kier alpha value is -2.57. The highest BCUT2D eigenvalue weighted by Gasteiger charge is 2.03. The molecule has 7 nitrogen and oxygen atoms in total. The van der Waals surface area contributed by atoms with E-state index in [2.05, 4.69) is 30.9 Å². The van der Waals surface area contributed by atoms with Gasteiger partial charge in [0.05, 0.1) is 18.1 Å². The lowest BCUT2D eigenvalue weighted by molar-refractivity contribution is 0.803. The zero-order chi connectivity index (χ0) is 10.8. The Morgan fingerprint density at radius 2 is 2.00 bits per heavy atom. The van der Waals surface area contributed by atoms with Crippen molar-refractivity contribution in [3.63, 3.8) is 0 Å². The first kappa shape index (κ1) is 8.72. The van der Waals surface area contributed by atoms with Crippen LogP contribution in [0, 0.1) is 0 Å². The summed E-state index contributed by atoms with van der Waals surface area (Å²) in [5.74, 6) is 0.574. The number of benzene rings is 1. The van der Waals surface area contributed by atoms with Crippen LogP contribution in [0.15, 0.2) is 36.7 Å². The second kappa shape index (κ2) is 3.54. The van der Waals surface area contributed by atoms with Crippen molar-refractivity contribution in [2.45, 2.75) is 0 Å². The molecule has 3 rings (SSSR count). The van der Waals surface area contributed by atoms with Gasteiger partial charge in [0.1, 0.15) is 0 Å². The molecule has 1 aromatic carbocycles. The maximum atomic E-state index is 3.90. The number of hydrogen-bond donors (Lipinski definition) is 1. The van der Waals surface area contributed by atoms with Crippen LogP contribution in [0.3, 0.4) is 0 Å². The lowest BCUT2D eigenvalue weighted by Gasteiger charge is -2.00. The van der Waals surface area contributed by atoms with E-state index >= 15 is 0 Å². The Morgan fingerprint density at radius 3 is 2.62 bits per heavy atom. The average Bonchev–Trinajstić information content (AvgIpc) is 3.03. The largest absolute Gasteiger partial charge is 0.221 e. The summed E-state index contributed by atoms with van der Waals surface area (Å²) in [5, 5.41) is 21.4. The van der Waals surface area contributed by atoms with E-state index in [9.17, 15) is 0 Å². The Kier molecular flexibility index (Phi) is 1.93. The van der Waals surface area contributed by atoms with Gasteiger partial charge < -0.3 is 0 Å². The minimum atomic E-state index is 0.574. The predicted molar refractivity (Wildman–Crippen MR) is 54.5 cm³/mol. The van der Waals surface area contributed by atoms with Gasteiger partial charge in [-0.05, 0) is 29.5 Å². The first-order valence-corrected chi connectivity index (χ1v) is 4.64. The molecular formula is C9H7N7. The molecule has 0 amide bonds. The van der Waals surface area contributed by atoms with E-state index in [-0.39, 0.29) is 0 Å². The van der Waals surface area contributed by atoms with Gasteiger partial charge in [0.25, 0.3) is 0 Å². The van der Waals surface area contributed by atoms with Crippen molar-refractivity contribution in [2.24, 2.45) is 0 Å². The number of aromatic amines is 1. The molecule has 0 aliphatic carbocycles. The summed E-state index contributed by atoms with van der Waals surface area (Å²) in [5.41, 5.74) is 1.84. The zero-order valence-corrected chi connectivity index (χ0v) is 8.15. The van der Waals surface area contributed by atoms with Crippen molar-refractivity contribution in [1.29, 1.82) is 0 Å². The van der Waals surface area contributed by atoms with Crippen molar-refractivity contribution < 1.29 is 0 Å². The van der Waals surface area contributed by atoms with E-state index < -0.39 is 0 Å². The lowest BCUT2D eigenvalue weighted by Crippen LogP contribution is -1.94. The second-order valence-electron chi connectivity index (χ2n) is 3.13. The van der Waals surface area contributed by atoms with Gasteiger partial charge in [-0.1, -0.05) is 5.21 Å². The number of aromatic nitrogens is 7. The van der Waals surface area contributed by atoms with Gasteiger partial charge in [0.15, 0.2) is 0 Å². The minimum Gasteiger partial charge on any atom is -0.221 e. The van der Waals surface area contributed by atoms with Gasteiger partial charge >= 0.3 is 0 Å². The summed E-state index contributed by atoms with van der Waals surface area (Å²) in [6.07, 6.45) is 3.41. The molecule has 0 spiro atoms. The topological polar surface area (TPSA) is 85.2 Å². The molecule has 0 aliphatic heterocycles. The molecule has 0 saturated heterocycles. The SMILES string of the molecule is c1cn(-c2ccc(-c3nn[nH]n3)cc2)nn1. The molecule has 0 aliphatic rings. The monoisotopic (exact) mass is 213 g/mol. The average molecular weight is 213 g/mol. The quantitative estimate of drug-likeness (QED) is 0.667. The summed E-state index contributed by atoms with van der Waals surface area (Å²) < 4.78 is 1.68. The number of tetrazole rings is 1. The van der Waals surface area contributed by atoms with Crippen LogP contribution in [0.25, 0.3) is 17.1 Å². The van der Waals surface area contributed by atoms with Gasteiger partial charge in [-0.15, -0.1) is 15.3 Å². The van der Waals surface area contributed by atoms with Crippen LogP contribution in [0.1, 0.15) is 0 Å². The van der Waals surface area contributed by atoms with Crippen molar-refractivity contribution in [2.75, 3.05) is 0 Å². The molecule has 0 radical (unpaired) electrons. The van der Waals surface area contributed by atoms with E-state index in [0.717, 1.165) is 11.3 Å². The number of hydrogen-bond acceptors (Lipinski definition) is 5. The van der Waals surface area contributed by atoms with E-state index in [1.165, 1.54) is 0 Å². The maximum absolute atomic E-state index is 3.90. The maximum Gasteiger partial charge on any atom is 0.204 e. The normalized spacial score (nSPS) is 10.5. The van der Waals surface area contributed by atoms with Gasteiger partial charge in [0, 0.05) is 5.56 Å². The number of rotatable bonds is 2. The minimum absolute atomic E-state index is 0.574. The summed E-state index contributed by atoms with van der Waals surface area (Å²) in [6, 6.07) is 7.64. The molecule has 0 saturated carbocycles. The van der Waals surface area contributed by atoms with Gasteiger partial charge in [-0.2, -0.15) is 5.21 Å². The highest BCUT2D eigenvalue weighted by Crippen LogP contribution is 2.15. The Morgan fingerprint density at radius 1 is 1.12 bits per heavy atom. The molecule has 3 aromatic rings. The van der Waals surface area contributed by atoms with Crippen LogP contribution in [0.4, 0.5) is 0 Å². The highest BCUT2D eigenvalue weighted by atomic mass is 15.5. The van der Waals surface area contributed by atoms with Crippen LogP contribution in [0.2, 0.25) is 0 Å². The molecule has 0 unspecified atom stereocenters. The fraction of sp³-hybridized carbons (Fsp3) is 0. The second-order valence-corrected chi connectivity index (χ2v) is 3.13. The summed E-state index contributed by atoms with van der Waals surface area (Å²) in [6.45, 7) is 0. The summed E-state index contributed by atoms with van der Waals surface area (Å²) in [7, 11) is 0. The van der Waals surface area contributed by atoms with E-state index in [4.69, 9.17) is 0 Å². The molecule has 16 heavy (non-hydrogen) atoms. The fourth-order valence-corrected chi connectivity index (χ4v) is 1.39. The van der Waals surface area contributed by atoms with Gasteiger partial charge in [0.2, 0.25) is 5.82 Å². The van der Waals surface area contributed by atoms with Gasteiger partial charge in [-0.3, -0.25) is 0 Å². The first-order valence-electron chi connectivity index (χ1n) is 4.64. The molecule has 1 N–H and O–H groups in total. The molecule has 7 heteroatoms. The molecule has 2 aromatic heterocycles. The molecule has 2 heterocycles. The standard InChI is InChI=1S/C9H7N7/c1-3-8(16-6-5-10-15-16)4-2-7(1)9-11-13-14-12-9/h1-6H,(H,11,12,13,14).